The van der Waals surface area contributed by atoms with Crippen LogP contribution in [-0.2, 0) is 18.2 Å². The highest BCUT2D eigenvalue weighted by Gasteiger charge is 2.23. The molecule has 0 radical (unpaired) electrons. The lowest BCUT2D eigenvalue weighted by Crippen LogP contribution is -2.32. The first-order valence-corrected chi connectivity index (χ1v) is 14.2. The zero-order valence-electron chi connectivity index (χ0n) is 24.9. The Bertz CT molecular complexity index is 2130. The van der Waals surface area contributed by atoms with Crippen LogP contribution in [0.5, 0.6) is 0 Å². The number of hydrogen-bond donors (Lipinski definition) is 1. The zero-order valence-corrected chi connectivity index (χ0v) is 24.9. The van der Waals surface area contributed by atoms with Crippen LogP contribution in [0.1, 0.15) is 51.5 Å². The number of ether oxygens (including phenoxy) is 1. The van der Waals surface area contributed by atoms with Gasteiger partial charge in [-0.2, -0.15) is 10.2 Å². The van der Waals surface area contributed by atoms with E-state index in [1.807, 2.05) is 68.6 Å². The van der Waals surface area contributed by atoms with E-state index in [2.05, 4.69) is 32.3 Å². The highest BCUT2D eigenvalue weighted by molar-refractivity contribution is 6.01. The van der Waals surface area contributed by atoms with Gasteiger partial charge >= 0.3 is 0 Å². The van der Waals surface area contributed by atoms with E-state index in [4.69, 9.17) is 4.74 Å². The summed E-state index contributed by atoms with van der Waals surface area (Å²) in [5.74, 6) is 6.14. The van der Waals surface area contributed by atoms with Crippen molar-refractivity contribution in [3.8, 4) is 17.5 Å². The topological polar surface area (TPSA) is 108 Å². The summed E-state index contributed by atoms with van der Waals surface area (Å²) in [6.07, 6.45) is 5.78. The second-order valence-corrected chi connectivity index (χ2v) is 10.5. The van der Waals surface area contributed by atoms with Gasteiger partial charge in [0.1, 0.15) is 5.56 Å². The largest absolute Gasteiger partial charge is 0.384 e. The molecule has 1 amide bonds. The second-order valence-electron chi connectivity index (χ2n) is 10.5. The van der Waals surface area contributed by atoms with Gasteiger partial charge in [-0.1, -0.05) is 42.2 Å². The summed E-state index contributed by atoms with van der Waals surface area (Å²) >= 11 is 0. The van der Waals surface area contributed by atoms with E-state index in [1.54, 1.807) is 52.5 Å². The van der Waals surface area contributed by atoms with Crippen LogP contribution in [0.25, 0.3) is 22.1 Å². The first kappa shape index (κ1) is 28.6. The molecular weight excluding hydrogens is 554 g/mol. The number of carbonyl (C=O) groups excluding carboxylic acids is 1. The molecule has 44 heavy (non-hydrogen) atoms. The van der Waals surface area contributed by atoms with Gasteiger partial charge in [-0.25, -0.2) is 9.50 Å². The molecule has 1 N–H and O–H groups in total. The molecule has 10 nitrogen and oxygen atoms in total. The third-order valence-electron chi connectivity index (χ3n) is 7.61. The van der Waals surface area contributed by atoms with E-state index >= 15 is 0 Å². The minimum Gasteiger partial charge on any atom is -0.384 e. The number of methoxy groups -OCH3 is 1. The fourth-order valence-electron chi connectivity index (χ4n) is 5.45. The summed E-state index contributed by atoms with van der Waals surface area (Å²) in [6, 6.07) is 18.2. The number of benzene rings is 2. The van der Waals surface area contributed by atoms with Crippen molar-refractivity contribution in [2.45, 2.75) is 26.3 Å². The molecule has 10 heteroatoms. The van der Waals surface area contributed by atoms with Crippen molar-refractivity contribution in [1.29, 1.82) is 0 Å². The average Bonchev–Trinajstić information content (AvgIpc) is 3.56. The van der Waals surface area contributed by atoms with Gasteiger partial charge in [0, 0.05) is 49.9 Å². The van der Waals surface area contributed by atoms with Crippen LogP contribution < -0.4 is 10.9 Å². The van der Waals surface area contributed by atoms with Crippen molar-refractivity contribution in [3.05, 3.63) is 123 Å². The minimum absolute atomic E-state index is 0.227. The standard InChI is InChI=1S/C34H31N7O3/c1-22(37-33(42)30-23(2)38-40-18-9-17-35-32(30)40)29-20-25-11-8-10-24(14-15-26-21-36-39(3)28(26)16-19-44-4)31(25)34(43)41(29)27-12-6-5-7-13-27/h5-13,17-18,20-22H,16,19H2,1-4H3,(H,37,42)/t22-/m1/s1. The number of aryl methyl sites for hydroxylation is 2. The summed E-state index contributed by atoms with van der Waals surface area (Å²) in [7, 11) is 3.54. The Labute approximate surface area is 253 Å². The highest BCUT2D eigenvalue weighted by atomic mass is 16.5. The van der Waals surface area contributed by atoms with Crippen LogP contribution in [0.3, 0.4) is 0 Å². The predicted octanol–water partition coefficient (Wildman–Crippen LogP) is 4.16. The van der Waals surface area contributed by atoms with Gasteiger partial charge in [-0.3, -0.25) is 18.8 Å². The van der Waals surface area contributed by atoms with E-state index in [9.17, 15) is 9.59 Å². The van der Waals surface area contributed by atoms with Gasteiger partial charge < -0.3 is 10.1 Å². The molecule has 6 aromatic rings. The fourth-order valence-corrected chi connectivity index (χ4v) is 5.45. The lowest BCUT2D eigenvalue weighted by atomic mass is 10.0. The molecule has 0 spiro atoms. The monoisotopic (exact) mass is 585 g/mol. The Kier molecular flexibility index (Phi) is 7.79. The number of amides is 1. The van der Waals surface area contributed by atoms with Crippen molar-refractivity contribution in [2.24, 2.45) is 7.05 Å². The maximum absolute atomic E-state index is 14.4. The zero-order chi connectivity index (χ0) is 30.8. The lowest BCUT2D eigenvalue weighted by Gasteiger charge is -2.21. The van der Waals surface area contributed by atoms with Crippen molar-refractivity contribution in [1.82, 2.24) is 34.3 Å². The Balaban J connectivity index is 1.45. The van der Waals surface area contributed by atoms with Crippen LogP contribution in [0.15, 0.2) is 84.0 Å². The van der Waals surface area contributed by atoms with Gasteiger partial charge in [0.15, 0.2) is 5.65 Å². The highest BCUT2D eigenvalue weighted by Crippen LogP contribution is 2.24. The van der Waals surface area contributed by atoms with Gasteiger partial charge in [-0.05, 0) is 49.6 Å². The number of para-hydroxylation sites is 1. The van der Waals surface area contributed by atoms with E-state index < -0.39 is 6.04 Å². The minimum atomic E-state index is -0.536. The number of nitrogens with zero attached hydrogens (tertiary/aromatic N) is 6. The molecule has 0 bridgehead atoms. The smallest absolute Gasteiger partial charge is 0.264 e. The molecule has 6 rings (SSSR count). The van der Waals surface area contributed by atoms with E-state index in [0.29, 0.717) is 52.3 Å². The van der Waals surface area contributed by atoms with E-state index in [-0.39, 0.29) is 11.5 Å². The molecule has 1 atom stereocenters. The first-order valence-electron chi connectivity index (χ1n) is 14.2. The maximum atomic E-state index is 14.4. The summed E-state index contributed by atoms with van der Waals surface area (Å²) in [6.45, 7) is 4.19. The molecule has 0 aliphatic carbocycles. The molecule has 0 fully saturated rings. The number of fused-ring (bicyclic) bond motifs is 2. The van der Waals surface area contributed by atoms with Gasteiger partial charge in [-0.15, -0.1) is 0 Å². The van der Waals surface area contributed by atoms with Gasteiger partial charge in [0.25, 0.3) is 11.5 Å². The molecule has 4 heterocycles. The second kappa shape index (κ2) is 12.0. The van der Waals surface area contributed by atoms with Crippen molar-refractivity contribution >= 4 is 22.3 Å². The molecule has 0 aliphatic rings. The number of hydrogen-bond acceptors (Lipinski definition) is 6. The van der Waals surface area contributed by atoms with Crippen LogP contribution in [-0.4, -0.2) is 48.6 Å². The number of carbonyl (C=O) groups is 1. The van der Waals surface area contributed by atoms with E-state index in [0.717, 1.165) is 16.6 Å². The van der Waals surface area contributed by atoms with Crippen molar-refractivity contribution in [2.75, 3.05) is 13.7 Å². The van der Waals surface area contributed by atoms with Crippen LogP contribution in [0, 0.1) is 18.8 Å². The Morgan fingerprint density at radius 1 is 1.07 bits per heavy atom. The molecular formula is C34H31N7O3. The third kappa shape index (κ3) is 5.25. The summed E-state index contributed by atoms with van der Waals surface area (Å²) < 4.78 is 10.3. The average molecular weight is 586 g/mol. The number of pyridine rings is 1. The lowest BCUT2D eigenvalue weighted by molar-refractivity contribution is 0.0939. The normalized spacial score (nSPS) is 11.8. The molecule has 0 unspecified atom stereocenters. The molecule has 0 saturated carbocycles. The number of aromatic nitrogens is 6. The summed E-state index contributed by atoms with van der Waals surface area (Å²) in [5.41, 5.74) is 4.86. The van der Waals surface area contributed by atoms with E-state index in [1.165, 1.54) is 0 Å². The van der Waals surface area contributed by atoms with Crippen molar-refractivity contribution in [3.63, 3.8) is 0 Å². The van der Waals surface area contributed by atoms with Crippen LogP contribution in [0.2, 0.25) is 0 Å². The van der Waals surface area contributed by atoms with Crippen LogP contribution >= 0.6 is 0 Å². The Hall–Kier alpha value is -5.53. The molecule has 0 saturated heterocycles. The number of rotatable bonds is 7. The number of nitrogens with one attached hydrogen (secondary N) is 1. The Morgan fingerprint density at radius 3 is 2.66 bits per heavy atom. The molecule has 0 aliphatic heterocycles. The SMILES string of the molecule is COCCc1c(C#Cc2cccc3cc([C@@H](C)NC(=O)c4c(C)nn5cccnc45)n(-c4ccccc4)c(=O)c23)cnn1C. The quantitative estimate of drug-likeness (QED) is 0.282. The summed E-state index contributed by atoms with van der Waals surface area (Å²) in [4.78, 5) is 32.3. The van der Waals surface area contributed by atoms with Gasteiger partial charge in [0.2, 0.25) is 0 Å². The third-order valence-corrected chi connectivity index (χ3v) is 7.61. The van der Waals surface area contributed by atoms with Crippen LogP contribution in [0.4, 0.5) is 0 Å². The molecule has 4 aromatic heterocycles. The predicted molar refractivity (Wildman–Crippen MR) is 168 cm³/mol. The van der Waals surface area contributed by atoms with Crippen molar-refractivity contribution < 1.29 is 9.53 Å². The first-order chi connectivity index (χ1) is 21.4. The maximum Gasteiger partial charge on any atom is 0.264 e. The summed E-state index contributed by atoms with van der Waals surface area (Å²) in [5, 5.41) is 13.1. The van der Waals surface area contributed by atoms with Gasteiger partial charge in [0.05, 0.1) is 41.2 Å². The Morgan fingerprint density at radius 2 is 1.86 bits per heavy atom. The molecule has 2 aromatic carbocycles. The molecule has 220 valence electrons. The fraction of sp³-hybridized carbons (Fsp3) is 0.206.